The zero-order chi connectivity index (χ0) is 29.9. The highest BCUT2D eigenvalue weighted by Crippen LogP contribution is 2.45. The molecule has 0 radical (unpaired) electrons. The number of hydrogen-bond acceptors (Lipinski definition) is 4. The summed E-state index contributed by atoms with van der Waals surface area (Å²) in [7, 11) is -6.73. The van der Waals surface area contributed by atoms with Crippen molar-refractivity contribution in [3.8, 4) is 0 Å². The minimum atomic E-state index is -6.73. The summed E-state index contributed by atoms with van der Waals surface area (Å²) in [5, 5.41) is -6.28. The van der Waals surface area contributed by atoms with Crippen LogP contribution in [0.5, 0.6) is 0 Å². The summed E-state index contributed by atoms with van der Waals surface area (Å²) in [6, 6.07) is 4.37. The second-order valence-corrected chi connectivity index (χ2v) is 13.4. The maximum Gasteiger partial charge on any atom is 0.460 e. The van der Waals surface area contributed by atoms with Gasteiger partial charge in [0, 0.05) is 0 Å². The lowest BCUT2D eigenvalue weighted by molar-refractivity contribution is -0.421. The molecule has 0 spiro atoms. The largest absolute Gasteiger partial charge is 0.460 e. The molecule has 3 saturated carbocycles. The van der Waals surface area contributed by atoms with Crippen molar-refractivity contribution in [1.29, 1.82) is 0 Å². The van der Waals surface area contributed by atoms with Crippen LogP contribution in [0.1, 0.15) is 136 Å². The van der Waals surface area contributed by atoms with Gasteiger partial charge in [-0.3, -0.25) is 4.55 Å². The van der Waals surface area contributed by atoms with Gasteiger partial charge in [-0.05, 0) is 78.5 Å². The first-order valence-electron chi connectivity index (χ1n) is 14.8. The van der Waals surface area contributed by atoms with E-state index >= 15 is 0 Å². The van der Waals surface area contributed by atoms with Crippen LogP contribution in [0.15, 0.2) is 12.1 Å². The van der Waals surface area contributed by atoms with Gasteiger partial charge in [0.1, 0.15) is 6.61 Å². The molecule has 0 unspecified atom stereocenters. The van der Waals surface area contributed by atoms with Gasteiger partial charge >= 0.3 is 27.6 Å². The van der Waals surface area contributed by atoms with Crippen LogP contribution in [0, 0.1) is 0 Å². The topological polar surface area (TPSA) is 72.8 Å². The molecule has 1 aromatic carbocycles. The smallest absolute Gasteiger partial charge is 0.368 e. The predicted molar refractivity (Wildman–Crippen MR) is 141 cm³/mol. The third kappa shape index (κ3) is 7.78. The highest BCUT2D eigenvalue weighted by atomic mass is 32.2. The summed E-state index contributed by atoms with van der Waals surface area (Å²) in [4.78, 5) is 0. The number of ether oxygens (including phenoxy) is 2. The van der Waals surface area contributed by atoms with Gasteiger partial charge in [-0.15, -0.1) is 0 Å². The molecule has 0 amide bonds. The number of benzene rings is 1. The standard InChI is InChI=1S/C29H40F6O5S/c30-27(31,40-28(32,33)29(34,35)41(36,37)38)19-39-18-26-24(21-12-6-2-7-13-21)16-23(20-10-4-1-5-11-20)17-25(26)22-14-8-3-9-15-22/h16-17,20-22H,1-15,18-19H2,(H,36,37,38). The van der Waals surface area contributed by atoms with Crippen LogP contribution in [0.4, 0.5) is 26.3 Å². The Hall–Kier alpha value is -1.37. The van der Waals surface area contributed by atoms with E-state index in [1.54, 1.807) is 0 Å². The van der Waals surface area contributed by atoms with Gasteiger partial charge in [0.05, 0.1) is 6.61 Å². The number of alkyl halides is 6. The minimum Gasteiger partial charge on any atom is -0.368 e. The molecule has 4 rings (SSSR count). The summed E-state index contributed by atoms with van der Waals surface area (Å²) >= 11 is 0. The van der Waals surface area contributed by atoms with E-state index in [1.165, 1.54) is 12.0 Å². The van der Waals surface area contributed by atoms with Gasteiger partial charge in [0.25, 0.3) is 0 Å². The Morgan fingerprint density at radius 3 is 1.54 bits per heavy atom. The maximum absolute atomic E-state index is 14.3. The van der Waals surface area contributed by atoms with Gasteiger partial charge in [-0.25, -0.2) is 4.74 Å². The lowest BCUT2D eigenvalue weighted by Gasteiger charge is -2.33. The van der Waals surface area contributed by atoms with Crippen LogP contribution < -0.4 is 0 Å². The van der Waals surface area contributed by atoms with Crippen molar-refractivity contribution in [3.63, 3.8) is 0 Å². The van der Waals surface area contributed by atoms with Crippen LogP contribution in [-0.4, -0.2) is 37.0 Å². The monoisotopic (exact) mass is 614 g/mol. The van der Waals surface area contributed by atoms with Gasteiger partial charge in [0.15, 0.2) is 0 Å². The molecular weight excluding hydrogens is 574 g/mol. The second-order valence-electron chi connectivity index (χ2n) is 11.9. The molecule has 3 fully saturated rings. The molecule has 0 heterocycles. The highest BCUT2D eigenvalue weighted by molar-refractivity contribution is 7.86. The van der Waals surface area contributed by atoms with E-state index in [9.17, 15) is 34.8 Å². The molecule has 0 saturated heterocycles. The summed E-state index contributed by atoms with van der Waals surface area (Å²) < 4.78 is 121. The lowest BCUT2D eigenvalue weighted by atomic mass is 9.73. The van der Waals surface area contributed by atoms with Crippen molar-refractivity contribution >= 4 is 10.1 Å². The molecule has 3 aliphatic carbocycles. The van der Waals surface area contributed by atoms with Gasteiger partial charge < -0.3 is 4.74 Å². The lowest BCUT2D eigenvalue weighted by Crippen LogP contribution is -2.52. The molecule has 1 N–H and O–H groups in total. The van der Waals surface area contributed by atoms with E-state index in [1.807, 2.05) is 0 Å². The fourth-order valence-electron chi connectivity index (χ4n) is 6.83. The molecule has 3 aliphatic rings. The average molecular weight is 615 g/mol. The number of hydrogen-bond donors (Lipinski definition) is 1. The van der Waals surface area contributed by atoms with Crippen LogP contribution in [0.25, 0.3) is 0 Å². The maximum atomic E-state index is 14.3. The Morgan fingerprint density at radius 1 is 0.707 bits per heavy atom. The molecular formula is C29H40F6O5S. The zero-order valence-corrected chi connectivity index (χ0v) is 24.0. The van der Waals surface area contributed by atoms with Crippen molar-refractivity contribution in [3.05, 3.63) is 34.4 Å². The average Bonchev–Trinajstić information content (AvgIpc) is 2.93. The summed E-state index contributed by atoms with van der Waals surface area (Å²) in [6.45, 7) is -2.15. The van der Waals surface area contributed by atoms with Gasteiger partial charge in [-0.1, -0.05) is 69.9 Å². The molecule has 1 aromatic rings. The quantitative estimate of drug-likeness (QED) is 0.199. The molecule has 0 bridgehead atoms. The Kier molecular flexibility index (Phi) is 10.4. The van der Waals surface area contributed by atoms with Gasteiger partial charge in [-0.2, -0.15) is 34.8 Å². The molecule has 234 valence electrons. The van der Waals surface area contributed by atoms with Crippen molar-refractivity contribution in [1.82, 2.24) is 0 Å². The van der Waals surface area contributed by atoms with Crippen LogP contribution in [-0.2, 0) is 26.2 Å². The van der Waals surface area contributed by atoms with E-state index in [0.717, 1.165) is 107 Å². The van der Waals surface area contributed by atoms with Crippen molar-refractivity contribution in [2.75, 3.05) is 6.61 Å². The predicted octanol–water partition coefficient (Wildman–Crippen LogP) is 9.03. The van der Waals surface area contributed by atoms with E-state index in [2.05, 4.69) is 16.9 Å². The van der Waals surface area contributed by atoms with Crippen LogP contribution in [0.2, 0.25) is 0 Å². The SMILES string of the molecule is O=S(=O)(O)C(F)(F)C(F)(F)OC(F)(F)COCc1c(C2CCCCC2)cc(C2CCCCC2)cc1C1CCCCC1. The number of rotatable bonds is 11. The first-order chi connectivity index (χ1) is 19.2. The molecule has 0 aromatic heterocycles. The number of halogens is 6. The third-order valence-electron chi connectivity index (χ3n) is 8.96. The Bertz CT molecular complexity index is 1090. The Morgan fingerprint density at radius 2 is 1.12 bits per heavy atom. The van der Waals surface area contributed by atoms with E-state index in [-0.39, 0.29) is 18.4 Å². The van der Waals surface area contributed by atoms with Gasteiger partial charge in [0.2, 0.25) is 0 Å². The summed E-state index contributed by atoms with van der Waals surface area (Å²) in [5.41, 5.74) is 4.10. The van der Waals surface area contributed by atoms with E-state index in [0.29, 0.717) is 5.92 Å². The molecule has 0 aliphatic heterocycles. The first kappa shape index (κ1) is 32.5. The molecule has 5 nitrogen and oxygen atoms in total. The molecule has 41 heavy (non-hydrogen) atoms. The van der Waals surface area contributed by atoms with Crippen LogP contribution >= 0.6 is 0 Å². The second kappa shape index (κ2) is 13.1. The highest BCUT2D eigenvalue weighted by Gasteiger charge is 2.70. The zero-order valence-electron chi connectivity index (χ0n) is 23.2. The summed E-state index contributed by atoms with van der Waals surface area (Å²) in [6.07, 6.45) is 4.73. The van der Waals surface area contributed by atoms with Crippen molar-refractivity contribution in [2.45, 2.75) is 138 Å². The third-order valence-corrected chi connectivity index (χ3v) is 9.85. The van der Waals surface area contributed by atoms with Crippen molar-refractivity contribution < 1.29 is 48.8 Å². The summed E-state index contributed by atoms with van der Waals surface area (Å²) in [5.74, 6) is 0.846. The van der Waals surface area contributed by atoms with Crippen molar-refractivity contribution in [2.24, 2.45) is 0 Å². The molecule has 12 heteroatoms. The fraction of sp³-hybridized carbons (Fsp3) is 0.793. The first-order valence-corrected chi connectivity index (χ1v) is 16.2. The van der Waals surface area contributed by atoms with Crippen LogP contribution in [0.3, 0.4) is 0 Å². The Balaban J connectivity index is 1.61. The normalized spacial score (nSPS) is 21.3. The Labute approximate surface area is 238 Å². The molecule has 0 atom stereocenters. The fourth-order valence-corrected chi connectivity index (χ4v) is 7.18. The van der Waals surface area contributed by atoms with E-state index in [4.69, 9.17) is 9.29 Å². The van der Waals surface area contributed by atoms with E-state index < -0.39 is 34.2 Å². The minimum absolute atomic E-state index is 0.211.